The molecule has 3 atom stereocenters. The van der Waals surface area contributed by atoms with Gasteiger partial charge in [0.2, 0.25) is 5.88 Å². The topological polar surface area (TPSA) is 103 Å². The smallest absolute Gasteiger partial charge is 0.321 e. The number of Topliss-reactive ketones (excluding diaryl/α,β-unsaturated/α-hetero) is 1. The van der Waals surface area contributed by atoms with Crippen LogP contribution in [0.5, 0.6) is 11.9 Å². The van der Waals surface area contributed by atoms with Gasteiger partial charge in [-0.3, -0.25) is 14.4 Å². The van der Waals surface area contributed by atoms with Crippen LogP contribution >= 0.6 is 0 Å². The van der Waals surface area contributed by atoms with Gasteiger partial charge in [0.25, 0.3) is 0 Å². The summed E-state index contributed by atoms with van der Waals surface area (Å²) < 4.78 is 15.9. The summed E-state index contributed by atoms with van der Waals surface area (Å²) in [6.07, 6.45) is -0.148. The van der Waals surface area contributed by atoms with Crippen molar-refractivity contribution in [3.8, 4) is 11.9 Å². The maximum atomic E-state index is 12.3. The average molecular weight is 456 g/mol. The molecule has 1 aromatic heterocycles. The molecule has 2 aliphatic rings. The highest BCUT2D eigenvalue weighted by atomic mass is 16.7. The largest absolute Gasteiger partial charge is 0.481 e. The van der Waals surface area contributed by atoms with Gasteiger partial charge in [-0.15, -0.1) is 0 Å². The van der Waals surface area contributed by atoms with Gasteiger partial charge in [0, 0.05) is 19.5 Å². The first-order chi connectivity index (χ1) is 15.9. The molecular weight excluding hydrogens is 428 g/mol. The first kappa shape index (κ1) is 22.9. The summed E-state index contributed by atoms with van der Waals surface area (Å²) in [5.74, 6) is 0.514. The van der Waals surface area contributed by atoms with Gasteiger partial charge in [-0.05, 0) is 12.5 Å². The van der Waals surface area contributed by atoms with E-state index in [1.165, 1.54) is 28.3 Å². The molecule has 1 fully saturated rings. The summed E-state index contributed by atoms with van der Waals surface area (Å²) in [6, 6.07) is 9.35. The minimum Gasteiger partial charge on any atom is -0.481 e. The van der Waals surface area contributed by atoms with Crippen LogP contribution in [0, 0.1) is 0 Å². The lowest BCUT2D eigenvalue weighted by Gasteiger charge is -2.30. The molecule has 0 saturated carbocycles. The van der Waals surface area contributed by atoms with Crippen LogP contribution in [0.3, 0.4) is 0 Å². The number of aromatic nitrogens is 2. The van der Waals surface area contributed by atoms with E-state index in [0.717, 1.165) is 5.56 Å². The minimum atomic E-state index is -0.629. The Balaban J connectivity index is 1.85. The predicted molar refractivity (Wildman–Crippen MR) is 118 cm³/mol. The van der Waals surface area contributed by atoms with Crippen LogP contribution in [0.15, 0.2) is 30.3 Å². The number of ketones is 1. The maximum Gasteiger partial charge on any atom is 0.321 e. The predicted octanol–water partition coefficient (Wildman–Crippen LogP) is 2.08. The van der Waals surface area contributed by atoms with Crippen molar-refractivity contribution < 1.29 is 28.6 Å². The molecule has 0 spiro atoms. The van der Waals surface area contributed by atoms with Gasteiger partial charge in [0.1, 0.15) is 11.9 Å². The Morgan fingerprint density at radius 1 is 1.12 bits per heavy atom. The second kappa shape index (κ2) is 9.72. The molecule has 3 unspecified atom stereocenters. The molecular formula is C23H28N4O6. The van der Waals surface area contributed by atoms with E-state index in [2.05, 4.69) is 14.9 Å². The lowest BCUT2D eigenvalue weighted by atomic mass is 10.0. The van der Waals surface area contributed by atoms with Crippen molar-refractivity contribution >= 4 is 17.6 Å². The number of esters is 1. The van der Waals surface area contributed by atoms with Gasteiger partial charge >= 0.3 is 12.0 Å². The molecule has 10 nitrogen and oxygen atoms in total. The highest BCUT2D eigenvalue weighted by molar-refractivity contribution is 5.81. The van der Waals surface area contributed by atoms with E-state index in [0.29, 0.717) is 36.8 Å². The second-order valence-corrected chi connectivity index (χ2v) is 8.07. The van der Waals surface area contributed by atoms with Crippen LogP contribution in [-0.2, 0) is 25.7 Å². The van der Waals surface area contributed by atoms with Gasteiger partial charge in [-0.1, -0.05) is 30.3 Å². The van der Waals surface area contributed by atoms with E-state index >= 15 is 0 Å². The number of fused-ring (bicyclic) bond motifs is 3. The van der Waals surface area contributed by atoms with Crippen LogP contribution in [0.2, 0.25) is 0 Å². The molecule has 10 heteroatoms. The van der Waals surface area contributed by atoms with E-state index in [1.54, 1.807) is 5.06 Å². The molecule has 0 N–H and O–H groups in total. The monoisotopic (exact) mass is 456 g/mol. The lowest BCUT2D eigenvalue weighted by Crippen LogP contribution is -2.42. The fraction of sp³-hybridized carbons (Fsp3) is 0.478. The first-order valence-electron chi connectivity index (χ1n) is 10.8. The van der Waals surface area contributed by atoms with Crippen molar-refractivity contribution in [2.24, 2.45) is 0 Å². The molecule has 1 aromatic carbocycles. The normalized spacial score (nSPS) is 22.2. The van der Waals surface area contributed by atoms with Crippen molar-refractivity contribution in [1.29, 1.82) is 0 Å². The highest BCUT2D eigenvalue weighted by Crippen LogP contribution is 2.47. The third-order valence-electron chi connectivity index (χ3n) is 5.96. The molecule has 0 bridgehead atoms. The van der Waals surface area contributed by atoms with Crippen molar-refractivity contribution in [2.45, 2.75) is 44.5 Å². The fourth-order valence-corrected chi connectivity index (χ4v) is 4.39. The molecule has 2 aliphatic heterocycles. The average Bonchev–Trinajstić information content (AvgIpc) is 3.23. The first-order valence-corrected chi connectivity index (χ1v) is 10.8. The number of carbonyl (C=O) groups is 2. The summed E-state index contributed by atoms with van der Waals surface area (Å²) in [5.41, 5.74) is 1.77. The number of rotatable bonds is 7. The van der Waals surface area contributed by atoms with Crippen LogP contribution in [0.4, 0.5) is 5.82 Å². The molecule has 1 saturated heterocycles. The number of hydrogen-bond donors (Lipinski definition) is 0. The van der Waals surface area contributed by atoms with Crippen LogP contribution in [0.25, 0.3) is 0 Å². The number of benzene rings is 1. The van der Waals surface area contributed by atoms with E-state index in [1.807, 2.05) is 30.3 Å². The molecule has 0 amide bonds. The van der Waals surface area contributed by atoms with Gasteiger partial charge in [-0.2, -0.15) is 15.0 Å². The van der Waals surface area contributed by atoms with Crippen LogP contribution < -0.4 is 14.4 Å². The van der Waals surface area contributed by atoms with Gasteiger partial charge in [-0.25, -0.2) is 0 Å². The Morgan fingerprint density at radius 2 is 1.88 bits per heavy atom. The summed E-state index contributed by atoms with van der Waals surface area (Å²) >= 11 is 0. The van der Waals surface area contributed by atoms with E-state index < -0.39 is 6.10 Å². The Bertz CT molecular complexity index is 1020. The molecule has 0 aliphatic carbocycles. The van der Waals surface area contributed by atoms with E-state index in [4.69, 9.17) is 19.0 Å². The number of nitrogens with zero attached hydrogens (tertiary/aromatic N) is 4. The second-order valence-electron chi connectivity index (χ2n) is 8.07. The van der Waals surface area contributed by atoms with Crippen molar-refractivity contribution in [3.63, 3.8) is 0 Å². The molecule has 0 radical (unpaired) electrons. The van der Waals surface area contributed by atoms with Gasteiger partial charge < -0.3 is 19.1 Å². The Hall–Kier alpha value is -3.24. The zero-order chi connectivity index (χ0) is 23.5. The summed E-state index contributed by atoms with van der Waals surface area (Å²) in [7, 11) is 4.38. The zero-order valence-corrected chi connectivity index (χ0v) is 19.2. The van der Waals surface area contributed by atoms with Gasteiger partial charge in [0.05, 0.1) is 45.4 Å². The molecule has 4 rings (SSSR count). The van der Waals surface area contributed by atoms with E-state index in [9.17, 15) is 9.59 Å². The molecule has 176 valence electrons. The quantitative estimate of drug-likeness (QED) is 0.575. The zero-order valence-electron chi connectivity index (χ0n) is 19.2. The van der Waals surface area contributed by atoms with Crippen molar-refractivity contribution in [1.82, 2.24) is 15.0 Å². The number of methoxy groups -OCH3 is 3. The summed E-state index contributed by atoms with van der Waals surface area (Å²) in [4.78, 5) is 41.7. The molecule has 3 heterocycles. The fourth-order valence-electron chi connectivity index (χ4n) is 4.39. The Labute approximate surface area is 192 Å². The minimum absolute atomic E-state index is 0.0871. The highest BCUT2D eigenvalue weighted by Gasteiger charge is 2.47. The SMILES string of the molecule is COC(=O)CC1CN(Cc2ccccc2)c2nc(OC)nc(OC)c2C2CC(C(C)=O)ON12. The summed E-state index contributed by atoms with van der Waals surface area (Å²) in [5, 5.41) is 1.73. The lowest BCUT2D eigenvalue weighted by molar-refractivity contribution is -0.193. The molecule has 2 aromatic rings. The van der Waals surface area contributed by atoms with Crippen molar-refractivity contribution in [3.05, 3.63) is 41.5 Å². The Morgan fingerprint density at radius 3 is 2.52 bits per heavy atom. The number of hydroxylamine groups is 2. The van der Waals surface area contributed by atoms with Crippen LogP contribution in [0.1, 0.15) is 36.9 Å². The molecule has 33 heavy (non-hydrogen) atoms. The Kier molecular flexibility index (Phi) is 6.75. The van der Waals surface area contributed by atoms with Gasteiger partial charge in [0.15, 0.2) is 5.78 Å². The standard InChI is InChI=1S/C23H28N4O6/c1-14(28)18-11-17-20-21(24-23(32-4)25-22(20)31-3)26(12-15-8-6-5-7-9-15)13-16(27(17)33-18)10-19(29)30-2/h5-9,16-18H,10-13H2,1-4H3. The third kappa shape index (κ3) is 4.62. The number of anilines is 1. The maximum absolute atomic E-state index is 12.3. The number of ether oxygens (including phenoxy) is 3. The van der Waals surface area contributed by atoms with Crippen molar-refractivity contribution in [2.75, 3.05) is 32.8 Å². The van der Waals surface area contributed by atoms with E-state index in [-0.39, 0.29) is 36.3 Å². The number of hydrogen-bond acceptors (Lipinski definition) is 10. The van der Waals surface area contributed by atoms with Crippen LogP contribution in [-0.4, -0.2) is 66.8 Å². The number of carbonyl (C=O) groups excluding carboxylic acids is 2. The summed E-state index contributed by atoms with van der Waals surface area (Å²) in [6.45, 7) is 2.43. The third-order valence-corrected chi connectivity index (χ3v) is 5.96.